The Bertz CT molecular complexity index is 1360. The summed E-state index contributed by atoms with van der Waals surface area (Å²) in [5.41, 5.74) is 3.06. The van der Waals surface area contributed by atoms with E-state index in [2.05, 4.69) is 22.1 Å². The number of amides is 1. The van der Waals surface area contributed by atoms with E-state index in [0.29, 0.717) is 22.7 Å². The molecular weight excluding hydrogens is 476 g/mol. The molecule has 170 valence electrons. The van der Waals surface area contributed by atoms with Crippen LogP contribution in [0.3, 0.4) is 0 Å². The highest BCUT2D eigenvalue weighted by Gasteiger charge is 2.24. The van der Waals surface area contributed by atoms with Gasteiger partial charge < -0.3 is 10.2 Å². The second-order valence-corrected chi connectivity index (χ2v) is 10.6. The van der Waals surface area contributed by atoms with Gasteiger partial charge in [0.15, 0.2) is 0 Å². The molecule has 0 unspecified atom stereocenters. The Labute approximate surface area is 204 Å². The van der Waals surface area contributed by atoms with Gasteiger partial charge >= 0.3 is 0 Å². The SMILES string of the molecule is Cc1ccc(Cl)cc1N1CC[C@@H](CNC(=O)Cn2cnc3scc(-c4cccs4)c3c2=O)C1. The van der Waals surface area contributed by atoms with Gasteiger partial charge in [0.1, 0.15) is 11.4 Å². The molecule has 1 saturated heterocycles. The van der Waals surface area contributed by atoms with E-state index in [4.69, 9.17) is 11.6 Å². The summed E-state index contributed by atoms with van der Waals surface area (Å²) in [5.74, 6) is 0.176. The normalized spacial score (nSPS) is 15.9. The van der Waals surface area contributed by atoms with Crippen LogP contribution in [-0.4, -0.2) is 35.1 Å². The number of benzene rings is 1. The van der Waals surface area contributed by atoms with Crippen LogP contribution in [0.4, 0.5) is 5.69 Å². The van der Waals surface area contributed by atoms with E-state index >= 15 is 0 Å². The van der Waals surface area contributed by atoms with E-state index in [1.54, 1.807) is 11.3 Å². The molecular formula is C24H23ClN4O2S2. The fraction of sp³-hybridized carbons (Fsp3) is 0.292. The molecule has 0 radical (unpaired) electrons. The molecule has 4 aromatic rings. The Morgan fingerprint density at radius 2 is 2.18 bits per heavy atom. The zero-order valence-corrected chi connectivity index (χ0v) is 20.5. The van der Waals surface area contributed by atoms with Gasteiger partial charge in [0.2, 0.25) is 5.91 Å². The van der Waals surface area contributed by atoms with E-state index in [1.165, 1.54) is 27.8 Å². The molecule has 5 rings (SSSR count). The number of anilines is 1. The predicted octanol–water partition coefficient (Wildman–Crippen LogP) is 4.79. The fourth-order valence-corrected chi connectivity index (χ4v) is 6.19. The molecule has 1 aliphatic rings. The number of aromatic nitrogens is 2. The molecule has 0 bridgehead atoms. The summed E-state index contributed by atoms with van der Waals surface area (Å²) in [5, 5.41) is 8.27. The van der Waals surface area contributed by atoms with Crippen molar-refractivity contribution in [1.29, 1.82) is 0 Å². The fourth-order valence-electron chi connectivity index (χ4n) is 4.30. The molecule has 0 spiro atoms. The predicted molar refractivity (Wildman–Crippen MR) is 137 cm³/mol. The number of aryl methyl sites for hydroxylation is 1. The van der Waals surface area contributed by atoms with Crippen LogP contribution in [0.5, 0.6) is 0 Å². The van der Waals surface area contributed by atoms with Crippen molar-refractivity contribution in [2.45, 2.75) is 19.9 Å². The van der Waals surface area contributed by atoms with Crippen LogP contribution < -0.4 is 15.8 Å². The Hall–Kier alpha value is -2.68. The number of carbonyl (C=O) groups is 1. The lowest BCUT2D eigenvalue weighted by molar-refractivity contribution is -0.121. The van der Waals surface area contributed by atoms with Crippen molar-refractivity contribution in [2.75, 3.05) is 24.5 Å². The number of nitrogens with one attached hydrogen (secondary N) is 1. The monoisotopic (exact) mass is 498 g/mol. The number of thiophene rings is 2. The van der Waals surface area contributed by atoms with Gasteiger partial charge in [-0.15, -0.1) is 22.7 Å². The smallest absolute Gasteiger partial charge is 0.263 e. The minimum atomic E-state index is -0.178. The first-order valence-corrected chi connectivity index (χ1v) is 12.9. The second-order valence-electron chi connectivity index (χ2n) is 8.32. The van der Waals surface area contributed by atoms with Crippen molar-refractivity contribution >= 4 is 56.1 Å². The van der Waals surface area contributed by atoms with Crippen LogP contribution in [0.15, 0.2) is 52.2 Å². The van der Waals surface area contributed by atoms with Gasteiger partial charge in [-0.2, -0.15) is 0 Å². The van der Waals surface area contributed by atoms with Gasteiger partial charge in [-0.05, 0) is 48.4 Å². The lowest BCUT2D eigenvalue weighted by Crippen LogP contribution is -2.35. The maximum absolute atomic E-state index is 13.1. The van der Waals surface area contributed by atoms with E-state index in [9.17, 15) is 9.59 Å². The Morgan fingerprint density at radius 3 is 3.00 bits per heavy atom. The topological polar surface area (TPSA) is 67.2 Å². The standard InChI is InChI=1S/C24H23ClN4O2S2/c1-15-4-5-17(25)9-19(15)28-7-6-16(11-28)10-26-21(30)12-29-14-27-23-22(24(29)31)18(13-33-23)20-3-2-8-32-20/h2-5,8-9,13-14,16H,6-7,10-12H2,1H3,(H,26,30)/t16-/m0/s1. The molecule has 1 aliphatic heterocycles. The second kappa shape index (κ2) is 9.29. The Balaban J connectivity index is 1.23. The zero-order valence-electron chi connectivity index (χ0n) is 18.1. The molecule has 1 N–H and O–H groups in total. The molecule has 1 aromatic carbocycles. The van der Waals surface area contributed by atoms with Crippen molar-refractivity contribution < 1.29 is 4.79 Å². The van der Waals surface area contributed by atoms with E-state index in [1.807, 2.05) is 41.1 Å². The van der Waals surface area contributed by atoms with Crippen molar-refractivity contribution in [3.63, 3.8) is 0 Å². The molecule has 3 aromatic heterocycles. The lowest BCUT2D eigenvalue weighted by Gasteiger charge is -2.21. The Kier molecular flexibility index (Phi) is 6.23. The van der Waals surface area contributed by atoms with Crippen molar-refractivity contribution in [1.82, 2.24) is 14.9 Å². The van der Waals surface area contributed by atoms with E-state index in [0.717, 1.165) is 40.7 Å². The number of halogens is 1. The molecule has 1 amide bonds. The van der Waals surface area contributed by atoms with Gasteiger partial charge in [0, 0.05) is 46.2 Å². The molecule has 4 heterocycles. The van der Waals surface area contributed by atoms with Crippen molar-refractivity contribution in [2.24, 2.45) is 5.92 Å². The highest BCUT2D eigenvalue weighted by molar-refractivity contribution is 7.18. The van der Waals surface area contributed by atoms with Gasteiger partial charge in [0.25, 0.3) is 5.56 Å². The Morgan fingerprint density at radius 1 is 1.30 bits per heavy atom. The molecule has 9 heteroatoms. The van der Waals surface area contributed by atoms with Gasteiger partial charge in [-0.1, -0.05) is 23.7 Å². The summed E-state index contributed by atoms with van der Waals surface area (Å²) in [6.07, 6.45) is 2.47. The highest BCUT2D eigenvalue weighted by atomic mass is 35.5. The molecule has 0 saturated carbocycles. The first-order valence-electron chi connectivity index (χ1n) is 10.8. The zero-order chi connectivity index (χ0) is 22.9. The minimum Gasteiger partial charge on any atom is -0.371 e. The third-order valence-corrected chi connectivity index (χ3v) is 8.07. The average Bonchev–Trinajstić information content (AvgIpc) is 3.56. The minimum absolute atomic E-state index is 0.0364. The molecule has 1 fully saturated rings. The van der Waals surface area contributed by atoms with Crippen LogP contribution in [-0.2, 0) is 11.3 Å². The van der Waals surface area contributed by atoms with Crippen LogP contribution in [0.2, 0.25) is 5.02 Å². The number of carbonyl (C=O) groups excluding carboxylic acids is 1. The van der Waals surface area contributed by atoms with Gasteiger partial charge in [-0.3, -0.25) is 14.2 Å². The highest BCUT2D eigenvalue weighted by Crippen LogP contribution is 2.33. The summed E-state index contributed by atoms with van der Waals surface area (Å²) < 4.78 is 1.40. The molecule has 1 atom stereocenters. The van der Waals surface area contributed by atoms with Crippen LogP contribution in [0.1, 0.15) is 12.0 Å². The van der Waals surface area contributed by atoms with Crippen LogP contribution >= 0.6 is 34.3 Å². The largest absolute Gasteiger partial charge is 0.371 e. The first-order chi connectivity index (χ1) is 16.0. The van der Waals surface area contributed by atoms with E-state index < -0.39 is 0 Å². The summed E-state index contributed by atoms with van der Waals surface area (Å²) in [4.78, 5) is 34.2. The summed E-state index contributed by atoms with van der Waals surface area (Å²) in [7, 11) is 0. The number of hydrogen-bond acceptors (Lipinski definition) is 6. The number of nitrogens with zero attached hydrogens (tertiary/aromatic N) is 3. The molecule has 0 aliphatic carbocycles. The summed E-state index contributed by atoms with van der Waals surface area (Å²) >= 11 is 9.21. The number of hydrogen-bond donors (Lipinski definition) is 1. The van der Waals surface area contributed by atoms with Crippen molar-refractivity contribution in [3.05, 3.63) is 68.4 Å². The van der Waals surface area contributed by atoms with Crippen LogP contribution in [0.25, 0.3) is 20.7 Å². The van der Waals surface area contributed by atoms with Gasteiger partial charge in [0.05, 0.1) is 11.7 Å². The summed E-state index contributed by atoms with van der Waals surface area (Å²) in [6, 6.07) is 9.89. The average molecular weight is 499 g/mol. The van der Waals surface area contributed by atoms with E-state index in [-0.39, 0.29) is 18.0 Å². The summed E-state index contributed by atoms with van der Waals surface area (Å²) in [6.45, 7) is 4.43. The number of fused-ring (bicyclic) bond motifs is 1. The number of rotatable bonds is 6. The van der Waals surface area contributed by atoms with Crippen LogP contribution in [0, 0.1) is 12.8 Å². The first kappa shape index (κ1) is 22.1. The maximum atomic E-state index is 13.1. The lowest BCUT2D eigenvalue weighted by atomic mass is 10.1. The van der Waals surface area contributed by atoms with Crippen molar-refractivity contribution in [3.8, 4) is 10.4 Å². The maximum Gasteiger partial charge on any atom is 0.263 e. The quantitative estimate of drug-likeness (QED) is 0.415. The molecule has 33 heavy (non-hydrogen) atoms. The molecule has 6 nitrogen and oxygen atoms in total. The third kappa shape index (κ3) is 4.55. The third-order valence-electron chi connectivity index (χ3n) is 6.05. The van der Waals surface area contributed by atoms with Gasteiger partial charge in [-0.25, -0.2) is 4.98 Å².